The van der Waals surface area contributed by atoms with Crippen molar-refractivity contribution in [3.05, 3.63) is 64.6 Å². The number of sulfonamides is 1. The highest BCUT2D eigenvalue weighted by molar-refractivity contribution is 7.89. The largest absolute Gasteiger partial charge is 0.244 e. The van der Waals surface area contributed by atoms with Crippen molar-refractivity contribution in [1.29, 1.82) is 0 Å². The Morgan fingerprint density at radius 1 is 1.12 bits per heavy atom. The van der Waals surface area contributed by atoms with Crippen molar-refractivity contribution in [3.63, 3.8) is 0 Å². The van der Waals surface area contributed by atoms with E-state index in [-0.39, 0.29) is 11.4 Å². The highest BCUT2D eigenvalue weighted by atomic mass is 32.2. The van der Waals surface area contributed by atoms with Crippen LogP contribution >= 0.6 is 11.3 Å². The Kier molecular flexibility index (Phi) is 4.81. The van der Waals surface area contributed by atoms with Crippen molar-refractivity contribution in [1.82, 2.24) is 14.5 Å². The van der Waals surface area contributed by atoms with Crippen LogP contribution in [0.5, 0.6) is 0 Å². The van der Waals surface area contributed by atoms with E-state index in [4.69, 9.17) is 0 Å². The van der Waals surface area contributed by atoms with Crippen LogP contribution in [0.25, 0.3) is 5.69 Å². The number of hydrogen-bond acceptors (Lipinski definition) is 4. The lowest BCUT2D eigenvalue weighted by atomic mass is 9.92. The van der Waals surface area contributed by atoms with Gasteiger partial charge in [-0.3, -0.25) is 0 Å². The normalized spacial score (nSPS) is 12.4. The molecule has 0 atom stereocenters. The fourth-order valence-electron chi connectivity index (χ4n) is 2.44. The van der Waals surface area contributed by atoms with Crippen molar-refractivity contribution in [2.75, 3.05) is 0 Å². The molecule has 1 aromatic carbocycles. The number of hydrogen-bond donors (Lipinski definition) is 1. The summed E-state index contributed by atoms with van der Waals surface area (Å²) >= 11 is 1.52. The summed E-state index contributed by atoms with van der Waals surface area (Å²) in [6.07, 6.45) is 1.59. The molecule has 5 nitrogen and oxygen atoms in total. The van der Waals surface area contributed by atoms with Gasteiger partial charge >= 0.3 is 0 Å². The molecule has 7 heteroatoms. The molecular weight excluding hydrogens is 354 g/mol. The summed E-state index contributed by atoms with van der Waals surface area (Å²) in [6, 6.07) is 13.3. The minimum absolute atomic E-state index is 0.223. The zero-order valence-corrected chi connectivity index (χ0v) is 16.1. The van der Waals surface area contributed by atoms with Crippen LogP contribution in [0.2, 0.25) is 0 Å². The highest BCUT2D eigenvalue weighted by Crippen LogP contribution is 2.28. The van der Waals surface area contributed by atoms with Crippen molar-refractivity contribution in [2.24, 2.45) is 0 Å². The Balaban J connectivity index is 2.00. The van der Waals surface area contributed by atoms with Crippen molar-refractivity contribution < 1.29 is 8.42 Å². The van der Waals surface area contributed by atoms with Gasteiger partial charge in [0.25, 0.3) is 0 Å². The van der Waals surface area contributed by atoms with E-state index >= 15 is 0 Å². The number of rotatable bonds is 5. The molecule has 0 bridgehead atoms. The number of aromatic nitrogens is 2. The van der Waals surface area contributed by atoms with Crippen LogP contribution in [0, 0.1) is 0 Å². The molecule has 1 N–H and O–H groups in total. The van der Waals surface area contributed by atoms with E-state index in [0.29, 0.717) is 5.69 Å². The van der Waals surface area contributed by atoms with Gasteiger partial charge in [-0.15, -0.1) is 11.3 Å². The van der Waals surface area contributed by atoms with E-state index in [2.05, 4.69) is 9.82 Å². The lowest BCUT2D eigenvalue weighted by molar-refractivity contribution is 0.539. The summed E-state index contributed by atoms with van der Waals surface area (Å²) in [4.78, 5) is 1.19. The molecular formula is C18H21N3O2S2. The zero-order chi connectivity index (χ0) is 18.1. The van der Waals surface area contributed by atoms with E-state index in [0.717, 1.165) is 10.6 Å². The van der Waals surface area contributed by atoms with Crippen LogP contribution in [0.4, 0.5) is 0 Å². The van der Waals surface area contributed by atoms with Gasteiger partial charge in [0, 0.05) is 16.8 Å². The smallest absolute Gasteiger partial charge is 0.239 e. The Hall–Kier alpha value is -1.96. The maximum atomic E-state index is 12.9. The van der Waals surface area contributed by atoms with Gasteiger partial charge in [-0.1, -0.05) is 45.0 Å². The van der Waals surface area contributed by atoms with Crippen LogP contribution in [0.1, 0.15) is 31.3 Å². The van der Waals surface area contributed by atoms with E-state index in [1.165, 1.54) is 11.3 Å². The first-order chi connectivity index (χ1) is 11.8. The molecule has 0 radical (unpaired) electrons. The minimum atomic E-state index is -3.66. The standard InChI is InChI=1S/C18H21N3O2S2/c1-18(2,3)17-16(13-21(20-17)14-8-5-4-6-9-14)25(22,23)19-12-15-10-7-11-24-15/h4-11,13,19H,12H2,1-3H3. The Bertz CT molecular complexity index is 938. The quantitative estimate of drug-likeness (QED) is 0.739. The fraction of sp³-hybridized carbons (Fsp3) is 0.278. The predicted octanol–water partition coefficient (Wildman–Crippen LogP) is 3.71. The van der Waals surface area contributed by atoms with Crippen LogP contribution < -0.4 is 4.72 Å². The summed E-state index contributed by atoms with van der Waals surface area (Å²) in [6.45, 7) is 6.16. The van der Waals surface area contributed by atoms with Gasteiger partial charge in [-0.25, -0.2) is 17.8 Å². The third kappa shape index (κ3) is 4.00. The number of para-hydroxylation sites is 1. The molecule has 0 spiro atoms. The van der Waals surface area contributed by atoms with E-state index in [1.807, 2.05) is 68.6 Å². The third-order valence-corrected chi connectivity index (χ3v) is 6.00. The molecule has 3 rings (SSSR count). The molecule has 2 heterocycles. The van der Waals surface area contributed by atoms with Gasteiger partial charge in [0.15, 0.2) is 0 Å². The van der Waals surface area contributed by atoms with Gasteiger partial charge < -0.3 is 0 Å². The first-order valence-electron chi connectivity index (χ1n) is 7.95. The predicted molar refractivity (Wildman–Crippen MR) is 101 cm³/mol. The molecule has 0 saturated carbocycles. The molecule has 0 saturated heterocycles. The van der Waals surface area contributed by atoms with Crippen molar-refractivity contribution in [2.45, 2.75) is 37.6 Å². The van der Waals surface area contributed by atoms with Crippen molar-refractivity contribution in [3.8, 4) is 5.69 Å². The second kappa shape index (κ2) is 6.74. The zero-order valence-electron chi connectivity index (χ0n) is 14.4. The molecule has 0 aliphatic carbocycles. The van der Waals surface area contributed by atoms with E-state index < -0.39 is 15.4 Å². The van der Waals surface area contributed by atoms with E-state index in [9.17, 15) is 8.42 Å². The maximum Gasteiger partial charge on any atom is 0.244 e. The van der Waals surface area contributed by atoms with Crippen molar-refractivity contribution >= 4 is 21.4 Å². The molecule has 0 unspecified atom stereocenters. The van der Waals surface area contributed by atoms with Crippen LogP contribution in [-0.4, -0.2) is 18.2 Å². The lowest BCUT2D eigenvalue weighted by Crippen LogP contribution is -2.26. The van der Waals surface area contributed by atoms with Gasteiger partial charge in [0.1, 0.15) is 4.90 Å². The first kappa shape index (κ1) is 17.8. The SMILES string of the molecule is CC(C)(C)c1nn(-c2ccccc2)cc1S(=O)(=O)NCc1cccs1. The van der Waals surface area contributed by atoms with Crippen LogP contribution in [0.15, 0.2) is 58.9 Å². The molecule has 3 aromatic rings. The average Bonchev–Trinajstić information content (AvgIpc) is 3.23. The van der Waals surface area contributed by atoms with Gasteiger partial charge in [-0.05, 0) is 23.6 Å². The molecule has 0 aliphatic heterocycles. The summed E-state index contributed by atoms with van der Waals surface area (Å²) in [5.74, 6) is 0. The Morgan fingerprint density at radius 3 is 2.44 bits per heavy atom. The molecule has 0 fully saturated rings. The average molecular weight is 376 g/mol. The Morgan fingerprint density at radius 2 is 1.84 bits per heavy atom. The summed E-state index contributed by atoms with van der Waals surface area (Å²) in [5, 5.41) is 6.49. The molecule has 2 aromatic heterocycles. The Labute approximate surface area is 152 Å². The highest BCUT2D eigenvalue weighted by Gasteiger charge is 2.30. The molecule has 0 aliphatic rings. The molecule has 132 valence electrons. The number of nitrogens with zero attached hydrogens (tertiary/aromatic N) is 2. The number of nitrogens with one attached hydrogen (secondary N) is 1. The van der Waals surface area contributed by atoms with Crippen LogP contribution in [-0.2, 0) is 22.0 Å². The number of thiophene rings is 1. The second-order valence-corrected chi connectivity index (χ2v) is 9.54. The third-order valence-electron chi connectivity index (χ3n) is 3.72. The maximum absolute atomic E-state index is 12.9. The van der Waals surface area contributed by atoms with Gasteiger partial charge in [0.2, 0.25) is 10.0 Å². The van der Waals surface area contributed by atoms with E-state index in [1.54, 1.807) is 10.9 Å². The second-order valence-electron chi connectivity index (χ2n) is 6.78. The monoisotopic (exact) mass is 375 g/mol. The number of benzene rings is 1. The fourth-order valence-corrected chi connectivity index (χ4v) is 4.52. The van der Waals surface area contributed by atoms with Gasteiger partial charge in [0.05, 0.1) is 17.6 Å². The summed E-state index contributed by atoms with van der Waals surface area (Å²) in [5.41, 5.74) is 0.982. The molecule has 0 amide bonds. The minimum Gasteiger partial charge on any atom is -0.239 e. The first-order valence-corrected chi connectivity index (χ1v) is 10.3. The topological polar surface area (TPSA) is 64.0 Å². The van der Waals surface area contributed by atoms with Gasteiger partial charge in [-0.2, -0.15) is 5.10 Å². The summed E-state index contributed by atoms with van der Waals surface area (Å²) < 4.78 is 30.1. The molecule has 25 heavy (non-hydrogen) atoms. The lowest BCUT2D eigenvalue weighted by Gasteiger charge is -2.17. The summed E-state index contributed by atoms with van der Waals surface area (Å²) in [7, 11) is -3.66. The van der Waals surface area contributed by atoms with Crippen LogP contribution in [0.3, 0.4) is 0 Å².